The van der Waals surface area contributed by atoms with Crippen molar-refractivity contribution in [3.63, 3.8) is 0 Å². The number of rotatable bonds is 3. The molecule has 7 heteroatoms. The Morgan fingerprint density at radius 1 is 1.14 bits per heavy atom. The molecule has 1 aliphatic heterocycles. The van der Waals surface area contributed by atoms with Crippen LogP contribution < -0.4 is 11.1 Å². The molecular formula is C21H24N4O3. The van der Waals surface area contributed by atoms with Crippen LogP contribution in [0.5, 0.6) is 0 Å². The average molecular weight is 380 g/mol. The Morgan fingerprint density at radius 3 is 2.54 bits per heavy atom. The van der Waals surface area contributed by atoms with Gasteiger partial charge in [-0.25, -0.2) is 0 Å². The summed E-state index contributed by atoms with van der Waals surface area (Å²) in [6.07, 6.45) is 3.66. The van der Waals surface area contributed by atoms with E-state index in [-0.39, 0.29) is 23.2 Å². The monoisotopic (exact) mass is 380 g/mol. The summed E-state index contributed by atoms with van der Waals surface area (Å²) in [6.45, 7) is 4.69. The molecule has 0 bridgehead atoms. The first kappa shape index (κ1) is 19.5. The fourth-order valence-corrected chi connectivity index (χ4v) is 3.92. The van der Waals surface area contributed by atoms with Gasteiger partial charge in [0.1, 0.15) is 0 Å². The van der Waals surface area contributed by atoms with Gasteiger partial charge in [0.25, 0.3) is 0 Å². The molecule has 0 saturated carbocycles. The highest BCUT2D eigenvalue weighted by Crippen LogP contribution is 2.38. The number of nitrogens with one attached hydrogen (secondary N) is 1. The summed E-state index contributed by atoms with van der Waals surface area (Å²) in [7, 11) is 0. The molecular weight excluding hydrogens is 356 g/mol. The minimum Gasteiger partial charge on any atom is -0.366 e. The SMILES string of the molecule is C[C@H]1C[C@H](C)C(c2ccccc2)N(C(=O)C(=O)Nc2cncc(C(N)=O)c2)C1. The number of benzene rings is 1. The van der Waals surface area contributed by atoms with Crippen LogP contribution in [0.1, 0.15) is 42.2 Å². The Balaban J connectivity index is 1.82. The molecule has 7 nitrogen and oxygen atoms in total. The van der Waals surface area contributed by atoms with Crippen LogP contribution in [0.4, 0.5) is 5.69 Å². The van der Waals surface area contributed by atoms with E-state index >= 15 is 0 Å². The Bertz CT molecular complexity index is 884. The fraction of sp³-hybridized carbons (Fsp3) is 0.333. The lowest BCUT2D eigenvalue weighted by molar-refractivity contribution is -0.147. The van der Waals surface area contributed by atoms with Gasteiger partial charge in [0.15, 0.2) is 0 Å². The summed E-state index contributed by atoms with van der Waals surface area (Å²) < 4.78 is 0. The Morgan fingerprint density at radius 2 is 1.86 bits per heavy atom. The molecule has 3 N–H and O–H groups in total. The van der Waals surface area contributed by atoms with E-state index in [1.165, 1.54) is 18.5 Å². The lowest BCUT2D eigenvalue weighted by Crippen LogP contribution is -2.49. The van der Waals surface area contributed by atoms with Crippen molar-refractivity contribution >= 4 is 23.4 Å². The highest BCUT2D eigenvalue weighted by Gasteiger charge is 2.38. The average Bonchev–Trinajstić information content (AvgIpc) is 2.67. The molecule has 0 spiro atoms. The maximum absolute atomic E-state index is 13.0. The molecule has 1 aliphatic rings. The number of hydrogen-bond donors (Lipinski definition) is 2. The number of anilines is 1. The van der Waals surface area contributed by atoms with E-state index in [2.05, 4.69) is 24.1 Å². The van der Waals surface area contributed by atoms with Gasteiger partial charge < -0.3 is 16.0 Å². The molecule has 28 heavy (non-hydrogen) atoms. The number of carbonyl (C=O) groups is 3. The van der Waals surface area contributed by atoms with E-state index in [1.807, 2.05) is 30.3 Å². The molecule has 146 valence electrons. The highest BCUT2D eigenvalue weighted by atomic mass is 16.2. The molecule has 3 atom stereocenters. The van der Waals surface area contributed by atoms with E-state index in [4.69, 9.17) is 5.73 Å². The number of piperidine rings is 1. The van der Waals surface area contributed by atoms with Gasteiger partial charge in [-0.3, -0.25) is 19.4 Å². The molecule has 1 unspecified atom stereocenters. The number of likely N-dealkylation sites (tertiary alicyclic amines) is 1. The van der Waals surface area contributed by atoms with Crippen molar-refractivity contribution in [2.75, 3.05) is 11.9 Å². The van der Waals surface area contributed by atoms with E-state index in [9.17, 15) is 14.4 Å². The Labute approximate surface area is 163 Å². The van der Waals surface area contributed by atoms with Gasteiger partial charge in [-0.05, 0) is 29.9 Å². The zero-order valence-corrected chi connectivity index (χ0v) is 16.0. The van der Waals surface area contributed by atoms with Gasteiger partial charge in [0.05, 0.1) is 23.5 Å². The number of pyridine rings is 1. The van der Waals surface area contributed by atoms with Crippen molar-refractivity contribution in [2.24, 2.45) is 17.6 Å². The topological polar surface area (TPSA) is 105 Å². The summed E-state index contributed by atoms with van der Waals surface area (Å²) in [5, 5.41) is 2.54. The van der Waals surface area contributed by atoms with E-state index < -0.39 is 17.7 Å². The molecule has 1 saturated heterocycles. The van der Waals surface area contributed by atoms with Crippen LogP contribution in [0.25, 0.3) is 0 Å². The normalized spacial score (nSPS) is 21.8. The van der Waals surface area contributed by atoms with Crippen LogP contribution in [-0.4, -0.2) is 34.2 Å². The first-order valence-electron chi connectivity index (χ1n) is 9.28. The smallest absolute Gasteiger partial charge is 0.313 e. The van der Waals surface area contributed by atoms with Crippen LogP contribution in [0.15, 0.2) is 48.8 Å². The number of carbonyl (C=O) groups excluding carboxylic acids is 3. The number of aromatic nitrogens is 1. The number of nitrogens with two attached hydrogens (primary N) is 1. The van der Waals surface area contributed by atoms with Gasteiger partial charge in [0.2, 0.25) is 5.91 Å². The second kappa shape index (κ2) is 8.21. The molecule has 3 rings (SSSR count). The van der Waals surface area contributed by atoms with Gasteiger partial charge in [-0.1, -0.05) is 44.2 Å². The minimum atomic E-state index is -0.759. The van der Waals surface area contributed by atoms with Crippen molar-refractivity contribution in [1.82, 2.24) is 9.88 Å². The summed E-state index contributed by atoms with van der Waals surface area (Å²) >= 11 is 0. The molecule has 1 aromatic heterocycles. The molecule has 1 aromatic carbocycles. The first-order valence-corrected chi connectivity index (χ1v) is 9.28. The summed E-state index contributed by atoms with van der Waals surface area (Å²) in [6, 6.07) is 11.0. The standard InChI is InChI=1S/C21H24N4O3/c1-13-8-14(2)18(15-6-4-3-5-7-15)25(12-13)21(28)20(27)24-17-9-16(19(22)26)10-23-11-17/h3-7,9-11,13-14,18H,8,12H2,1-2H3,(H2,22,26)(H,24,27)/t13-,14-,18?/m0/s1. The minimum absolute atomic E-state index is 0.160. The van der Waals surface area contributed by atoms with Crippen LogP contribution in [-0.2, 0) is 9.59 Å². The maximum Gasteiger partial charge on any atom is 0.313 e. The van der Waals surface area contributed by atoms with Crippen molar-refractivity contribution in [3.8, 4) is 0 Å². The van der Waals surface area contributed by atoms with Crippen LogP contribution in [0, 0.1) is 11.8 Å². The summed E-state index contributed by atoms with van der Waals surface area (Å²) in [5.74, 6) is -1.49. The van der Waals surface area contributed by atoms with Crippen LogP contribution in [0.3, 0.4) is 0 Å². The molecule has 1 fully saturated rings. The third kappa shape index (κ3) is 4.19. The number of nitrogens with zero attached hydrogens (tertiary/aromatic N) is 2. The molecule has 0 radical (unpaired) electrons. The second-order valence-corrected chi connectivity index (χ2v) is 7.41. The quantitative estimate of drug-likeness (QED) is 0.797. The zero-order chi connectivity index (χ0) is 20.3. The van der Waals surface area contributed by atoms with Crippen molar-refractivity contribution in [3.05, 3.63) is 59.9 Å². The van der Waals surface area contributed by atoms with Gasteiger partial charge in [0, 0.05) is 12.7 Å². The van der Waals surface area contributed by atoms with E-state index in [0.717, 1.165) is 12.0 Å². The van der Waals surface area contributed by atoms with Crippen LogP contribution >= 0.6 is 0 Å². The third-order valence-corrected chi connectivity index (χ3v) is 5.03. The van der Waals surface area contributed by atoms with Crippen molar-refractivity contribution in [2.45, 2.75) is 26.3 Å². The largest absolute Gasteiger partial charge is 0.366 e. The van der Waals surface area contributed by atoms with E-state index in [1.54, 1.807) is 4.90 Å². The van der Waals surface area contributed by atoms with Gasteiger partial charge in [-0.2, -0.15) is 0 Å². The van der Waals surface area contributed by atoms with Crippen molar-refractivity contribution < 1.29 is 14.4 Å². The zero-order valence-electron chi connectivity index (χ0n) is 16.0. The van der Waals surface area contributed by atoms with Crippen LogP contribution in [0.2, 0.25) is 0 Å². The summed E-state index contributed by atoms with van der Waals surface area (Å²) in [5.41, 5.74) is 6.66. The third-order valence-electron chi connectivity index (χ3n) is 5.03. The highest BCUT2D eigenvalue weighted by molar-refractivity contribution is 6.39. The Kier molecular flexibility index (Phi) is 5.73. The second-order valence-electron chi connectivity index (χ2n) is 7.41. The van der Waals surface area contributed by atoms with Gasteiger partial charge >= 0.3 is 11.8 Å². The number of hydrogen-bond acceptors (Lipinski definition) is 4. The Hall–Kier alpha value is -3.22. The predicted molar refractivity (Wildman–Crippen MR) is 105 cm³/mol. The van der Waals surface area contributed by atoms with Gasteiger partial charge in [-0.15, -0.1) is 0 Å². The molecule has 2 aromatic rings. The summed E-state index contributed by atoms with van der Waals surface area (Å²) in [4.78, 5) is 42.4. The molecule has 2 heterocycles. The molecule has 0 aliphatic carbocycles. The lowest BCUT2D eigenvalue weighted by Gasteiger charge is -2.42. The molecule has 3 amide bonds. The predicted octanol–water partition coefficient (Wildman–Crippen LogP) is 2.36. The van der Waals surface area contributed by atoms with E-state index in [0.29, 0.717) is 12.5 Å². The number of primary amides is 1. The maximum atomic E-state index is 13.0. The number of amides is 3. The van der Waals surface area contributed by atoms with Crippen molar-refractivity contribution in [1.29, 1.82) is 0 Å². The fourth-order valence-electron chi connectivity index (χ4n) is 3.92. The lowest BCUT2D eigenvalue weighted by atomic mass is 9.81. The first-order chi connectivity index (χ1) is 13.4.